The lowest BCUT2D eigenvalue weighted by molar-refractivity contribution is -0.155. The highest BCUT2D eigenvalue weighted by Crippen LogP contribution is 2.21. The Hall–Kier alpha value is -2.90. The second-order valence-electron chi connectivity index (χ2n) is 6.17. The molecule has 0 saturated carbocycles. The number of benzene rings is 1. The van der Waals surface area contributed by atoms with Crippen LogP contribution in [0.4, 0.5) is 0 Å². The van der Waals surface area contributed by atoms with Gasteiger partial charge in [-0.2, -0.15) is 0 Å². The summed E-state index contributed by atoms with van der Waals surface area (Å²) in [4.78, 5) is 25.7. The first-order valence-electron chi connectivity index (χ1n) is 8.02. The number of carbonyl (C=O) groups excluding carboxylic acids is 1. The third-order valence-corrected chi connectivity index (χ3v) is 4.27. The average Bonchev–Trinajstić information content (AvgIpc) is 2.93. The van der Waals surface area contributed by atoms with Crippen molar-refractivity contribution in [3.63, 3.8) is 0 Å². The standard InChI is InChI=1S/C17H20N4O4/c1-10-5-4-6-13(7-10)25-11(2)16(22)21-9-15-19-18-12(3)20(15)8-14(21)17(23)24/h4-7,11,14H,8-9H2,1-3H3,(H,23,24). The van der Waals surface area contributed by atoms with Crippen LogP contribution in [0.1, 0.15) is 24.1 Å². The average molecular weight is 344 g/mol. The highest BCUT2D eigenvalue weighted by atomic mass is 16.5. The van der Waals surface area contributed by atoms with Crippen LogP contribution >= 0.6 is 0 Å². The van der Waals surface area contributed by atoms with E-state index in [9.17, 15) is 14.7 Å². The Morgan fingerprint density at radius 1 is 1.32 bits per heavy atom. The van der Waals surface area contributed by atoms with E-state index >= 15 is 0 Å². The smallest absolute Gasteiger partial charge is 0.328 e. The van der Waals surface area contributed by atoms with E-state index in [1.54, 1.807) is 24.5 Å². The van der Waals surface area contributed by atoms with E-state index in [0.717, 1.165) is 5.56 Å². The molecule has 1 aliphatic heterocycles. The molecule has 1 aliphatic rings. The zero-order chi connectivity index (χ0) is 18.1. The van der Waals surface area contributed by atoms with E-state index in [1.807, 2.05) is 25.1 Å². The Bertz CT molecular complexity index is 817. The number of fused-ring (bicyclic) bond motifs is 1. The van der Waals surface area contributed by atoms with Crippen LogP contribution in [-0.4, -0.2) is 48.8 Å². The maximum absolute atomic E-state index is 12.8. The van der Waals surface area contributed by atoms with Crippen molar-refractivity contribution in [1.82, 2.24) is 19.7 Å². The molecule has 1 aromatic carbocycles. The molecule has 1 N–H and O–H groups in total. The van der Waals surface area contributed by atoms with Gasteiger partial charge in [-0.25, -0.2) is 4.79 Å². The molecule has 0 bridgehead atoms. The fourth-order valence-electron chi connectivity index (χ4n) is 2.93. The Kier molecular flexibility index (Phi) is 4.43. The minimum atomic E-state index is -1.06. The lowest BCUT2D eigenvalue weighted by Crippen LogP contribution is -2.54. The fraction of sp³-hybridized carbons (Fsp3) is 0.412. The predicted molar refractivity (Wildman–Crippen MR) is 88.0 cm³/mol. The summed E-state index contributed by atoms with van der Waals surface area (Å²) in [6.45, 7) is 5.54. The first-order chi connectivity index (χ1) is 11.9. The molecule has 8 nitrogen and oxygen atoms in total. The summed E-state index contributed by atoms with van der Waals surface area (Å²) in [5.74, 6) is 0.336. The Labute approximate surface area is 145 Å². The van der Waals surface area contributed by atoms with Gasteiger partial charge in [0, 0.05) is 0 Å². The quantitative estimate of drug-likeness (QED) is 0.894. The SMILES string of the molecule is Cc1cccc(OC(C)C(=O)N2Cc3nnc(C)n3CC2C(=O)O)c1. The highest BCUT2D eigenvalue weighted by molar-refractivity contribution is 5.86. The summed E-state index contributed by atoms with van der Waals surface area (Å²) in [5, 5.41) is 17.5. The molecule has 132 valence electrons. The minimum Gasteiger partial charge on any atom is -0.481 e. The summed E-state index contributed by atoms with van der Waals surface area (Å²) in [6, 6.07) is 6.39. The summed E-state index contributed by atoms with van der Waals surface area (Å²) in [7, 11) is 0. The minimum absolute atomic E-state index is 0.0954. The number of aliphatic carboxylic acids is 1. The molecule has 3 rings (SSSR count). The maximum Gasteiger partial charge on any atom is 0.328 e. The van der Waals surface area contributed by atoms with Gasteiger partial charge in [-0.3, -0.25) is 4.79 Å². The van der Waals surface area contributed by atoms with Crippen LogP contribution in [-0.2, 0) is 22.7 Å². The lowest BCUT2D eigenvalue weighted by Gasteiger charge is -2.35. The van der Waals surface area contributed by atoms with Crippen molar-refractivity contribution in [1.29, 1.82) is 0 Å². The van der Waals surface area contributed by atoms with Gasteiger partial charge in [-0.15, -0.1) is 10.2 Å². The molecule has 1 aromatic heterocycles. The monoisotopic (exact) mass is 344 g/mol. The number of rotatable bonds is 4. The van der Waals surface area contributed by atoms with Gasteiger partial charge in [-0.1, -0.05) is 12.1 Å². The number of carboxylic acid groups (broad SMARTS) is 1. The van der Waals surface area contributed by atoms with E-state index in [1.165, 1.54) is 4.90 Å². The van der Waals surface area contributed by atoms with Gasteiger partial charge in [0.1, 0.15) is 17.6 Å². The Balaban J connectivity index is 1.80. The number of aryl methyl sites for hydroxylation is 2. The summed E-state index contributed by atoms with van der Waals surface area (Å²) >= 11 is 0. The molecular formula is C17H20N4O4. The molecule has 1 amide bonds. The Morgan fingerprint density at radius 2 is 2.08 bits per heavy atom. The van der Waals surface area contributed by atoms with Crippen molar-refractivity contribution in [3.8, 4) is 5.75 Å². The number of ether oxygens (including phenoxy) is 1. The van der Waals surface area contributed by atoms with Crippen LogP contribution in [0.15, 0.2) is 24.3 Å². The van der Waals surface area contributed by atoms with Crippen LogP contribution in [0.25, 0.3) is 0 Å². The molecule has 25 heavy (non-hydrogen) atoms. The lowest BCUT2D eigenvalue weighted by atomic mass is 10.1. The third-order valence-electron chi connectivity index (χ3n) is 4.27. The van der Waals surface area contributed by atoms with Crippen molar-refractivity contribution < 1.29 is 19.4 Å². The molecular weight excluding hydrogens is 324 g/mol. The number of hydrogen-bond acceptors (Lipinski definition) is 5. The predicted octanol–water partition coefficient (Wildman–Crippen LogP) is 1.16. The van der Waals surface area contributed by atoms with Gasteiger partial charge in [0.2, 0.25) is 0 Å². The first kappa shape index (κ1) is 16.9. The van der Waals surface area contributed by atoms with Crippen molar-refractivity contribution in [2.75, 3.05) is 0 Å². The number of hydrogen-bond donors (Lipinski definition) is 1. The normalized spacial score (nSPS) is 17.7. The van der Waals surface area contributed by atoms with Gasteiger partial charge in [0.25, 0.3) is 5.91 Å². The van der Waals surface area contributed by atoms with Gasteiger partial charge in [0.05, 0.1) is 13.1 Å². The van der Waals surface area contributed by atoms with Gasteiger partial charge in [-0.05, 0) is 38.5 Å². The summed E-state index contributed by atoms with van der Waals surface area (Å²) in [5.41, 5.74) is 1.02. The molecule has 2 unspecified atom stereocenters. The van der Waals surface area contributed by atoms with Gasteiger partial charge < -0.3 is 19.3 Å². The van der Waals surface area contributed by atoms with E-state index in [4.69, 9.17) is 4.74 Å². The highest BCUT2D eigenvalue weighted by Gasteiger charge is 2.38. The molecule has 0 aliphatic carbocycles. The van der Waals surface area contributed by atoms with E-state index in [0.29, 0.717) is 17.4 Å². The van der Waals surface area contributed by atoms with Crippen LogP contribution in [0.3, 0.4) is 0 Å². The topological polar surface area (TPSA) is 97.5 Å². The second-order valence-corrected chi connectivity index (χ2v) is 6.17. The Morgan fingerprint density at radius 3 is 2.76 bits per heavy atom. The molecule has 0 radical (unpaired) electrons. The van der Waals surface area contributed by atoms with Crippen LogP contribution in [0.5, 0.6) is 5.75 Å². The van der Waals surface area contributed by atoms with Crippen molar-refractivity contribution >= 4 is 11.9 Å². The largest absolute Gasteiger partial charge is 0.481 e. The van der Waals surface area contributed by atoms with Crippen LogP contribution in [0, 0.1) is 13.8 Å². The molecule has 2 heterocycles. The molecule has 0 fully saturated rings. The van der Waals surface area contributed by atoms with Crippen molar-refractivity contribution in [2.24, 2.45) is 0 Å². The van der Waals surface area contributed by atoms with Crippen LogP contribution in [0.2, 0.25) is 0 Å². The molecule has 8 heteroatoms. The number of carbonyl (C=O) groups is 2. The van der Waals surface area contributed by atoms with E-state index < -0.39 is 18.1 Å². The summed E-state index contributed by atoms with van der Waals surface area (Å²) < 4.78 is 7.44. The number of aromatic nitrogens is 3. The van der Waals surface area contributed by atoms with Crippen LogP contribution < -0.4 is 4.74 Å². The molecule has 0 spiro atoms. The van der Waals surface area contributed by atoms with E-state index in [2.05, 4.69) is 10.2 Å². The second kappa shape index (κ2) is 6.54. The third kappa shape index (κ3) is 3.33. The van der Waals surface area contributed by atoms with Crippen molar-refractivity contribution in [3.05, 3.63) is 41.5 Å². The molecule has 2 atom stereocenters. The van der Waals surface area contributed by atoms with Gasteiger partial charge >= 0.3 is 5.97 Å². The number of carboxylic acids is 1. The van der Waals surface area contributed by atoms with Crippen molar-refractivity contribution in [2.45, 2.75) is 46.0 Å². The summed E-state index contributed by atoms with van der Waals surface area (Å²) in [6.07, 6.45) is -0.806. The van der Waals surface area contributed by atoms with Gasteiger partial charge in [0.15, 0.2) is 11.9 Å². The zero-order valence-electron chi connectivity index (χ0n) is 14.3. The number of amides is 1. The molecule has 0 saturated heterocycles. The first-order valence-corrected chi connectivity index (χ1v) is 8.02. The maximum atomic E-state index is 12.8. The number of nitrogens with zero attached hydrogens (tertiary/aromatic N) is 4. The molecule has 2 aromatic rings. The fourth-order valence-corrected chi connectivity index (χ4v) is 2.93. The van der Waals surface area contributed by atoms with E-state index in [-0.39, 0.29) is 19.0 Å². The zero-order valence-corrected chi connectivity index (χ0v) is 14.3.